The summed E-state index contributed by atoms with van der Waals surface area (Å²) >= 11 is 0. The van der Waals surface area contributed by atoms with Gasteiger partial charge in [-0.1, -0.05) is 26.0 Å². The van der Waals surface area contributed by atoms with Gasteiger partial charge in [-0.3, -0.25) is 0 Å². The van der Waals surface area contributed by atoms with Crippen molar-refractivity contribution in [3.05, 3.63) is 23.3 Å². The molecule has 0 bridgehead atoms. The standard InChI is InChI=1S/C17H26O4/c1-11(2)20-15(18)13-7-9-17(5,6)10-8-14(13)16(19)21-12(3)4/h7,9,11-12H,8,10H2,1-6H3. The van der Waals surface area contributed by atoms with Crippen molar-refractivity contribution in [2.45, 2.75) is 66.6 Å². The van der Waals surface area contributed by atoms with E-state index < -0.39 is 11.9 Å². The topological polar surface area (TPSA) is 52.6 Å². The van der Waals surface area contributed by atoms with E-state index in [0.29, 0.717) is 17.6 Å². The summed E-state index contributed by atoms with van der Waals surface area (Å²) in [6, 6.07) is 0. The van der Waals surface area contributed by atoms with Crippen molar-refractivity contribution < 1.29 is 19.1 Å². The van der Waals surface area contributed by atoms with Crippen molar-refractivity contribution in [1.82, 2.24) is 0 Å². The molecule has 0 N–H and O–H groups in total. The maximum atomic E-state index is 12.3. The summed E-state index contributed by atoms with van der Waals surface area (Å²) < 4.78 is 10.5. The van der Waals surface area contributed by atoms with Gasteiger partial charge in [0.25, 0.3) is 0 Å². The van der Waals surface area contributed by atoms with Crippen LogP contribution < -0.4 is 0 Å². The molecule has 0 aromatic rings. The summed E-state index contributed by atoms with van der Waals surface area (Å²) in [7, 11) is 0. The minimum Gasteiger partial charge on any atom is -0.460 e. The van der Waals surface area contributed by atoms with Gasteiger partial charge in [0, 0.05) is 0 Å². The van der Waals surface area contributed by atoms with Crippen LogP contribution in [0.5, 0.6) is 0 Å². The molecule has 4 nitrogen and oxygen atoms in total. The fraction of sp³-hybridized carbons (Fsp3) is 0.647. The molecule has 0 radical (unpaired) electrons. The lowest BCUT2D eigenvalue weighted by atomic mass is 9.87. The van der Waals surface area contributed by atoms with Gasteiger partial charge in [-0.25, -0.2) is 9.59 Å². The molecule has 0 saturated carbocycles. The highest BCUT2D eigenvalue weighted by molar-refractivity contribution is 6.02. The van der Waals surface area contributed by atoms with Crippen LogP contribution in [0.15, 0.2) is 23.3 Å². The third-order valence-corrected chi connectivity index (χ3v) is 3.20. The van der Waals surface area contributed by atoms with Crippen molar-refractivity contribution in [3.8, 4) is 0 Å². The summed E-state index contributed by atoms with van der Waals surface area (Å²) in [6.45, 7) is 11.3. The zero-order chi connectivity index (χ0) is 16.2. The fourth-order valence-electron chi connectivity index (χ4n) is 2.04. The molecule has 0 atom stereocenters. The molecule has 0 heterocycles. The van der Waals surface area contributed by atoms with Gasteiger partial charge < -0.3 is 9.47 Å². The van der Waals surface area contributed by atoms with Crippen LogP contribution in [0.1, 0.15) is 54.4 Å². The SMILES string of the molecule is CC(C)OC(=O)C1=C(C(=O)OC(C)C)CCC(C)(C)C=C1. The number of hydrogen-bond acceptors (Lipinski definition) is 4. The minimum absolute atomic E-state index is 0.0662. The van der Waals surface area contributed by atoms with Crippen LogP contribution >= 0.6 is 0 Å². The normalized spacial score (nSPS) is 17.9. The number of carbonyl (C=O) groups is 2. The fourth-order valence-corrected chi connectivity index (χ4v) is 2.04. The van der Waals surface area contributed by atoms with Gasteiger partial charge in [-0.15, -0.1) is 0 Å². The molecule has 0 saturated heterocycles. The van der Waals surface area contributed by atoms with E-state index in [-0.39, 0.29) is 17.6 Å². The monoisotopic (exact) mass is 294 g/mol. The molecule has 0 unspecified atom stereocenters. The van der Waals surface area contributed by atoms with Gasteiger partial charge in [0.05, 0.1) is 23.4 Å². The van der Waals surface area contributed by atoms with Gasteiger partial charge >= 0.3 is 11.9 Å². The smallest absolute Gasteiger partial charge is 0.338 e. The van der Waals surface area contributed by atoms with Gasteiger partial charge in [0.1, 0.15) is 0 Å². The van der Waals surface area contributed by atoms with E-state index in [0.717, 1.165) is 6.42 Å². The lowest BCUT2D eigenvalue weighted by molar-refractivity contribution is -0.146. The third kappa shape index (κ3) is 5.37. The lowest BCUT2D eigenvalue weighted by Crippen LogP contribution is -2.20. The van der Waals surface area contributed by atoms with Crippen molar-refractivity contribution in [2.24, 2.45) is 5.41 Å². The molecule has 0 aromatic carbocycles. The molecule has 4 heteroatoms. The Morgan fingerprint density at radius 2 is 1.57 bits per heavy atom. The van der Waals surface area contributed by atoms with Crippen LogP contribution in [0.3, 0.4) is 0 Å². The first kappa shape index (κ1) is 17.5. The quantitative estimate of drug-likeness (QED) is 0.744. The second-order valence-electron chi connectivity index (χ2n) is 6.62. The molecule has 118 valence electrons. The molecule has 0 spiro atoms. The average molecular weight is 294 g/mol. The summed E-state index contributed by atoms with van der Waals surface area (Å²) in [5.41, 5.74) is 0.666. The number of allylic oxidation sites excluding steroid dienone is 1. The van der Waals surface area contributed by atoms with Crippen LogP contribution in [0.4, 0.5) is 0 Å². The number of carbonyl (C=O) groups excluding carboxylic acids is 2. The van der Waals surface area contributed by atoms with Gasteiger partial charge in [0.2, 0.25) is 0 Å². The zero-order valence-corrected chi connectivity index (χ0v) is 13.9. The van der Waals surface area contributed by atoms with Gasteiger partial charge in [0.15, 0.2) is 0 Å². The van der Waals surface area contributed by atoms with Crippen LogP contribution in [0.2, 0.25) is 0 Å². The first-order valence-corrected chi connectivity index (χ1v) is 7.47. The zero-order valence-electron chi connectivity index (χ0n) is 13.9. The van der Waals surface area contributed by atoms with Crippen molar-refractivity contribution in [1.29, 1.82) is 0 Å². The maximum absolute atomic E-state index is 12.3. The Kier molecular flexibility index (Phi) is 5.76. The third-order valence-electron chi connectivity index (χ3n) is 3.20. The van der Waals surface area contributed by atoms with Gasteiger partial charge in [-0.2, -0.15) is 0 Å². The predicted molar refractivity (Wildman–Crippen MR) is 81.6 cm³/mol. The number of ether oxygens (including phenoxy) is 2. The Balaban J connectivity index is 3.14. The van der Waals surface area contributed by atoms with Crippen LogP contribution in [-0.2, 0) is 19.1 Å². The lowest BCUT2D eigenvalue weighted by Gasteiger charge is -2.18. The van der Waals surface area contributed by atoms with E-state index in [1.54, 1.807) is 33.8 Å². The van der Waals surface area contributed by atoms with E-state index in [9.17, 15) is 9.59 Å². The summed E-state index contributed by atoms with van der Waals surface area (Å²) in [6.07, 6.45) is 4.51. The Morgan fingerprint density at radius 1 is 1.05 bits per heavy atom. The van der Waals surface area contributed by atoms with E-state index in [4.69, 9.17) is 9.47 Å². The highest BCUT2D eigenvalue weighted by Crippen LogP contribution is 2.32. The van der Waals surface area contributed by atoms with E-state index in [1.807, 2.05) is 6.08 Å². The van der Waals surface area contributed by atoms with Crippen molar-refractivity contribution >= 4 is 11.9 Å². The highest BCUT2D eigenvalue weighted by Gasteiger charge is 2.28. The Morgan fingerprint density at radius 3 is 2.10 bits per heavy atom. The van der Waals surface area contributed by atoms with Crippen molar-refractivity contribution in [3.63, 3.8) is 0 Å². The molecule has 1 aliphatic carbocycles. The molecule has 0 aliphatic heterocycles. The second kappa shape index (κ2) is 6.92. The first-order chi connectivity index (χ1) is 9.62. The molecule has 0 amide bonds. The van der Waals surface area contributed by atoms with E-state index in [1.165, 1.54) is 0 Å². The molecule has 21 heavy (non-hydrogen) atoms. The van der Waals surface area contributed by atoms with Gasteiger partial charge in [-0.05, 0) is 46.0 Å². The van der Waals surface area contributed by atoms with Crippen LogP contribution in [0, 0.1) is 5.41 Å². The van der Waals surface area contributed by atoms with Crippen LogP contribution in [-0.4, -0.2) is 24.1 Å². The number of hydrogen-bond donors (Lipinski definition) is 0. The van der Waals surface area contributed by atoms with E-state index in [2.05, 4.69) is 13.8 Å². The maximum Gasteiger partial charge on any atom is 0.338 e. The number of esters is 2. The molecule has 0 fully saturated rings. The Hall–Kier alpha value is -1.58. The summed E-state index contributed by atoms with van der Waals surface area (Å²) in [5.74, 6) is -0.891. The molecule has 0 aromatic heterocycles. The second-order valence-corrected chi connectivity index (χ2v) is 6.62. The highest BCUT2D eigenvalue weighted by atomic mass is 16.5. The molecular formula is C17H26O4. The Bertz CT molecular complexity index is 467. The summed E-state index contributed by atoms with van der Waals surface area (Å²) in [5, 5.41) is 0. The van der Waals surface area contributed by atoms with Crippen LogP contribution in [0.25, 0.3) is 0 Å². The molecule has 1 rings (SSSR count). The molecular weight excluding hydrogens is 268 g/mol. The average Bonchev–Trinajstić information content (AvgIpc) is 2.45. The number of rotatable bonds is 4. The summed E-state index contributed by atoms with van der Waals surface area (Å²) in [4.78, 5) is 24.5. The Labute approximate surface area is 127 Å². The largest absolute Gasteiger partial charge is 0.460 e. The van der Waals surface area contributed by atoms with Crippen molar-refractivity contribution in [2.75, 3.05) is 0 Å². The van der Waals surface area contributed by atoms with E-state index >= 15 is 0 Å². The first-order valence-electron chi connectivity index (χ1n) is 7.47. The predicted octanol–water partition coefficient (Wildman–Crippen LogP) is 3.56. The molecule has 1 aliphatic rings. The minimum atomic E-state index is -0.463.